The molecule has 0 saturated carbocycles. The van der Waals surface area contributed by atoms with E-state index < -0.39 is 11.9 Å². The van der Waals surface area contributed by atoms with Gasteiger partial charge in [0.05, 0.1) is 35.7 Å². The minimum absolute atomic E-state index is 0.224. The lowest BCUT2D eigenvalue weighted by molar-refractivity contribution is 0.0525. The molecule has 6 heteroatoms. The first-order valence-corrected chi connectivity index (χ1v) is 8.12. The molecule has 6 nitrogen and oxygen atoms in total. The van der Waals surface area contributed by atoms with E-state index in [2.05, 4.69) is 4.98 Å². The van der Waals surface area contributed by atoms with Gasteiger partial charge in [0.15, 0.2) is 0 Å². The molecule has 0 fully saturated rings. The normalized spacial score (nSPS) is 10.4. The van der Waals surface area contributed by atoms with Crippen LogP contribution >= 0.6 is 0 Å². The number of rotatable bonds is 5. The lowest BCUT2D eigenvalue weighted by Gasteiger charge is -2.17. The molecule has 25 heavy (non-hydrogen) atoms. The Hall–Kier alpha value is -2.89. The van der Waals surface area contributed by atoms with Crippen molar-refractivity contribution in [3.63, 3.8) is 0 Å². The number of pyridine rings is 1. The molecule has 2 rings (SSSR count). The summed E-state index contributed by atoms with van der Waals surface area (Å²) in [6.45, 7) is 7.34. The van der Waals surface area contributed by atoms with E-state index in [0.29, 0.717) is 28.2 Å². The molecule has 0 saturated heterocycles. The van der Waals surface area contributed by atoms with Crippen molar-refractivity contribution in [1.29, 1.82) is 0 Å². The van der Waals surface area contributed by atoms with E-state index in [4.69, 9.17) is 15.2 Å². The topological polar surface area (TPSA) is 91.5 Å². The van der Waals surface area contributed by atoms with Gasteiger partial charge in [-0.25, -0.2) is 9.59 Å². The van der Waals surface area contributed by atoms with Crippen molar-refractivity contribution >= 4 is 17.6 Å². The highest BCUT2D eigenvalue weighted by molar-refractivity contribution is 6.07. The zero-order valence-corrected chi connectivity index (χ0v) is 14.9. The largest absolute Gasteiger partial charge is 0.462 e. The Labute approximate surface area is 147 Å². The molecule has 0 aliphatic rings. The smallest absolute Gasteiger partial charge is 0.340 e. The summed E-state index contributed by atoms with van der Waals surface area (Å²) >= 11 is 0. The number of carbonyl (C=O) groups excluding carboxylic acids is 2. The van der Waals surface area contributed by atoms with Gasteiger partial charge in [0, 0.05) is 11.3 Å². The van der Waals surface area contributed by atoms with Crippen molar-refractivity contribution < 1.29 is 19.1 Å². The van der Waals surface area contributed by atoms with Crippen molar-refractivity contribution in [2.45, 2.75) is 27.7 Å². The highest BCUT2D eigenvalue weighted by atomic mass is 16.5. The van der Waals surface area contributed by atoms with Crippen molar-refractivity contribution in [2.24, 2.45) is 0 Å². The number of nitrogen functional groups attached to an aromatic ring is 1. The Morgan fingerprint density at radius 1 is 0.920 bits per heavy atom. The van der Waals surface area contributed by atoms with Gasteiger partial charge in [-0.3, -0.25) is 4.98 Å². The summed E-state index contributed by atoms with van der Waals surface area (Å²) in [6.07, 6.45) is 0. The Bertz CT molecular complexity index is 756. The van der Waals surface area contributed by atoms with E-state index in [1.165, 1.54) is 0 Å². The number of hydrogen-bond acceptors (Lipinski definition) is 6. The average molecular weight is 342 g/mol. The van der Waals surface area contributed by atoms with Crippen LogP contribution in [0.5, 0.6) is 0 Å². The van der Waals surface area contributed by atoms with Crippen molar-refractivity contribution in [3.05, 3.63) is 46.8 Å². The van der Waals surface area contributed by atoms with Crippen LogP contribution in [-0.4, -0.2) is 30.1 Å². The third-order valence-electron chi connectivity index (χ3n) is 3.72. The fourth-order valence-electron chi connectivity index (χ4n) is 2.69. The zero-order valence-electron chi connectivity index (χ0n) is 14.9. The van der Waals surface area contributed by atoms with Crippen molar-refractivity contribution in [1.82, 2.24) is 4.98 Å². The molecule has 0 unspecified atom stereocenters. The number of aryl methyl sites for hydroxylation is 2. The highest BCUT2D eigenvalue weighted by Crippen LogP contribution is 2.33. The number of hydrogen-bond donors (Lipinski definition) is 1. The molecule has 0 radical (unpaired) electrons. The fraction of sp³-hybridized carbons (Fsp3) is 0.316. The van der Waals surface area contributed by atoms with Gasteiger partial charge in [-0.1, -0.05) is 12.1 Å². The molecule has 2 N–H and O–H groups in total. The van der Waals surface area contributed by atoms with Crippen LogP contribution in [0.1, 0.15) is 46.0 Å². The van der Waals surface area contributed by atoms with Gasteiger partial charge in [0.1, 0.15) is 0 Å². The maximum Gasteiger partial charge on any atom is 0.340 e. The number of aromatic nitrogens is 1. The summed E-state index contributed by atoms with van der Waals surface area (Å²) in [4.78, 5) is 29.4. The summed E-state index contributed by atoms with van der Waals surface area (Å²) in [7, 11) is 0. The molecule has 0 amide bonds. The maximum atomic E-state index is 12.5. The van der Waals surface area contributed by atoms with Gasteiger partial charge in [0.25, 0.3) is 0 Å². The summed E-state index contributed by atoms with van der Waals surface area (Å²) in [5.41, 5.74) is 9.00. The second-order valence-electron chi connectivity index (χ2n) is 5.47. The molecule has 0 aliphatic carbocycles. The maximum absolute atomic E-state index is 12.5. The lowest BCUT2D eigenvalue weighted by Crippen LogP contribution is -2.17. The number of ether oxygens (including phenoxy) is 2. The quantitative estimate of drug-likeness (QED) is 0.662. The first-order chi connectivity index (χ1) is 11.9. The Morgan fingerprint density at radius 2 is 1.36 bits per heavy atom. The zero-order chi connectivity index (χ0) is 18.6. The van der Waals surface area contributed by atoms with Gasteiger partial charge in [-0.05, 0) is 45.4 Å². The van der Waals surface area contributed by atoms with Crippen LogP contribution in [0.2, 0.25) is 0 Å². The van der Waals surface area contributed by atoms with E-state index in [1.807, 2.05) is 0 Å². The SMILES string of the molecule is CCOC(=O)c1c(C)nc(C)c(C(=O)OCC)c1-c1ccc(N)cc1. The Balaban J connectivity index is 2.82. The number of nitrogens with zero attached hydrogens (tertiary/aromatic N) is 1. The molecular formula is C19H22N2O4. The average Bonchev–Trinajstić information content (AvgIpc) is 2.55. The third kappa shape index (κ3) is 3.79. The van der Waals surface area contributed by atoms with Crippen LogP contribution in [0.3, 0.4) is 0 Å². The number of benzene rings is 1. The first-order valence-electron chi connectivity index (χ1n) is 8.12. The molecular weight excluding hydrogens is 320 g/mol. The van der Waals surface area contributed by atoms with E-state index in [1.54, 1.807) is 52.0 Å². The molecule has 0 spiro atoms. The van der Waals surface area contributed by atoms with Crippen LogP contribution in [0.25, 0.3) is 11.1 Å². The predicted octanol–water partition coefficient (Wildman–Crippen LogP) is 3.30. The Kier molecular flexibility index (Phi) is 5.75. The summed E-state index contributed by atoms with van der Waals surface area (Å²) in [6, 6.07) is 6.94. The van der Waals surface area contributed by atoms with Crippen LogP contribution in [0.4, 0.5) is 5.69 Å². The van der Waals surface area contributed by atoms with E-state index >= 15 is 0 Å². The van der Waals surface area contributed by atoms with Crippen molar-refractivity contribution in [3.8, 4) is 11.1 Å². The van der Waals surface area contributed by atoms with Crippen LogP contribution in [0, 0.1) is 13.8 Å². The standard InChI is InChI=1S/C19H22N2O4/c1-5-24-18(22)15-11(3)21-12(4)16(19(23)25-6-2)17(15)13-7-9-14(20)10-8-13/h7-10H,5-6,20H2,1-4H3. The predicted molar refractivity (Wildman–Crippen MR) is 95.5 cm³/mol. The second kappa shape index (κ2) is 7.79. The van der Waals surface area contributed by atoms with Crippen LogP contribution < -0.4 is 5.73 Å². The molecule has 2 aromatic rings. The molecule has 0 atom stereocenters. The van der Waals surface area contributed by atoms with Crippen molar-refractivity contribution in [2.75, 3.05) is 18.9 Å². The molecule has 132 valence electrons. The summed E-state index contributed by atoms with van der Waals surface area (Å²) in [5.74, 6) is -1.05. The van der Waals surface area contributed by atoms with Crippen LogP contribution in [-0.2, 0) is 9.47 Å². The van der Waals surface area contributed by atoms with Gasteiger partial charge in [-0.2, -0.15) is 0 Å². The molecule has 1 heterocycles. The van der Waals surface area contributed by atoms with E-state index in [-0.39, 0.29) is 24.3 Å². The molecule has 1 aromatic heterocycles. The van der Waals surface area contributed by atoms with Gasteiger partial charge in [-0.15, -0.1) is 0 Å². The number of esters is 2. The molecule has 1 aromatic carbocycles. The lowest BCUT2D eigenvalue weighted by atomic mass is 9.92. The summed E-state index contributed by atoms with van der Waals surface area (Å²) in [5, 5.41) is 0. The fourth-order valence-corrected chi connectivity index (χ4v) is 2.69. The van der Waals surface area contributed by atoms with E-state index in [9.17, 15) is 9.59 Å². The first kappa shape index (κ1) is 18.4. The minimum Gasteiger partial charge on any atom is -0.462 e. The number of nitrogens with two attached hydrogens (primary N) is 1. The van der Waals surface area contributed by atoms with Gasteiger partial charge < -0.3 is 15.2 Å². The minimum atomic E-state index is -0.523. The third-order valence-corrected chi connectivity index (χ3v) is 3.72. The molecule has 0 bridgehead atoms. The monoisotopic (exact) mass is 342 g/mol. The number of carbonyl (C=O) groups is 2. The van der Waals surface area contributed by atoms with Gasteiger partial charge >= 0.3 is 11.9 Å². The summed E-state index contributed by atoms with van der Waals surface area (Å²) < 4.78 is 10.3. The second-order valence-corrected chi connectivity index (χ2v) is 5.47. The van der Waals surface area contributed by atoms with Crippen LogP contribution in [0.15, 0.2) is 24.3 Å². The Morgan fingerprint density at radius 3 is 1.76 bits per heavy atom. The van der Waals surface area contributed by atoms with Gasteiger partial charge in [0.2, 0.25) is 0 Å². The molecule has 0 aliphatic heterocycles. The number of anilines is 1. The van der Waals surface area contributed by atoms with E-state index in [0.717, 1.165) is 0 Å². The highest BCUT2D eigenvalue weighted by Gasteiger charge is 2.27.